The van der Waals surface area contributed by atoms with Crippen LogP contribution >= 0.6 is 35.0 Å². The van der Waals surface area contributed by atoms with E-state index in [-0.39, 0.29) is 0 Å². The highest BCUT2D eigenvalue weighted by atomic mass is 35.5. The molecule has 0 amide bonds. The number of rotatable bonds is 12. The zero-order valence-corrected chi connectivity index (χ0v) is 19.8. The van der Waals surface area contributed by atoms with Gasteiger partial charge in [0.15, 0.2) is 5.75 Å². The summed E-state index contributed by atoms with van der Waals surface area (Å²) in [5, 5.41) is 9.05. The molecule has 1 aromatic heterocycles. The molecule has 0 unspecified atom stereocenters. The Hall–Kier alpha value is -1.93. The molecule has 0 fully saturated rings. The van der Waals surface area contributed by atoms with E-state index in [0.29, 0.717) is 52.1 Å². The first-order valence-corrected chi connectivity index (χ1v) is 11.8. The molecule has 0 aliphatic rings. The summed E-state index contributed by atoms with van der Waals surface area (Å²) >= 11 is 14.4. The van der Waals surface area contributed by atoms with Gasteiger partial charge in [-0.05, 0) is 44.8 Å². The standard InChI is InChI=1S/C22H25Cl2N3O3S/c1-27(2)9-6-10-29-21-18(23)13-16(14-19(21)24)22-26-25-20(30-22)15-31-12-11-28-17-7-4-3-5-8-17/h3-5,7-8,13-14H,6,9-12,15H2,1-2H3. The molecular weight excluding hydrogens is 457 g/mol. The van der Waals surface area contributed by atoms with Crippen LogP contribution in [0.5, 0.6) is 11.5 Å². The van der Waals surface area contributed by atoms with Crippen molar-refractivity contribution in [3.05, 3.63) is 58.4 Å². The van der Waals surface area contributed by atoms with Crippen LogP contribution in [-0.4, -0.2) is 54.7 Å². The molecular formula is C22H25Cl2N3O3S. The molecule has 0 aliphatic heterocycles. The number of benzene rings is 2. The second-order valence-electron chi connectivity index (χ2n) is 6.99. The number of hydrogen-bond acceptors (Lipinski definition) is 7. The number of halogens is 2. The number of thioether (sulfide) groups is 1. The Morgan fingerprint density at radius 3 is 2.45 bits per heavy atom. The Kier molecular flexibility index (Phi) is 9.33. The largest absolute Gasteiger partial charge is 0.493 e. The minimum atomic E-state index is 0.374. The molecule has 3 rings (SSSR count). The minimum absolute atomic E-state index is 0.374. The van der Waals surface area contributed by atoms with Crippen LogP contribution in [-0.2, 0) is 5.75 Å². The fourth-order valence-corrected chi connectivity index (χ4v) is 3.93. The molecule has 2 aromatic carbocycles. The summed E-state index contributed by atoms with van der Waals surface area (Å²) < 4.78 is 17.2. The van der Waals surface area contributed by atoms with E-state index in [1.54, 1.807) is 23.9 Å². The van der Waals surface area contributed by atoms with Crippen molar-refractivity contribution in [2.45, 2.75) is 12.2 Å². The lowest BCUT2D eigenvalue weighted by Gasteiger charge is -2.13. The van der Waals surface area contributed by atoms with E-state index in [1.165, 1.54) is 0 Å². The van der Waals surface area contributed by atoms with Gasteiger partial charge in [0.1, 0.15) is 5.75 Å². The summed E-state index contributed by atoms with van der Waals surface area (Å²) in [6.07, 6.45) is 0.877. The quantitative estimate of drug-likeness (QED) is 0.308. The lowest BCUT2D eigenvalue weighted by atomic mass is 10.2. The van der Waals surface area contributed by atoms with E-state index < -0.39 is 0 Å². The Morgan fingerprint density at radius 2 is 1.74 bits per heavy atom. The smallest absolute Gasteiger partial charge is 0.247 e. The van der Waals surface area contributed by atoms with Gasteiger partial charge in [-0.25, -0.2) is 0 Å². The Balaban J connectivity index is 1.49. The van der Waals surface area contributed by atoms with Crippen molar-refractivity contribution in [3.8, 4) is 23.0 Å². The van der Waals surface area contributed by atoms with Crippen LogP contribution in [0.4, 0.5) is 0 Å². The molecule has 166 valence electrons. The summed E-state index contributed by atoms with van der Waals surface area (Å²) in [5.74, 6) is 3.65. The number of hydrogen-bond donors (Lipinski definition) is 0. The van der Waals surface area contributed by atoms with Gasteiger partial charge in [0, 0.05) is 17.9 Å². The molecule has 0 atom stereocenters. The number of nitrogens with zero attached hydrogens (tertiary/aromatic N) is 3. The van der Waals surface area contributed by atoms with Crippen LogP contribution in [0.25, 0.3) is 11.5 Å². The molecule has 0 saturated heterocycles. The van der Waals surface area contributed by atoms with Gasteiger partial charge in [-0.15, -0.1) is 22.0 Å². The maximum Gasteiger partial charge on any atom is 0.247 e. The predicted molar refractivity (Wildman–Crippen MR) is 127 cm³/mol. The Bertz CT molecular complexity index is 931. The van der Waals surface area contributed by atoms with Gasteiger partial charge in [0.2, 0.25) is 11.8 Å². The lowest BCUT2D eigenvalue weighted by molar-refractivity contribution is 0.282. The third-order valence-electron chi connectivity index (χ3n) is 4.17. The minimum Gasteiger partial charge on any atom is -0.493 e. The summed E-state index contributed by atoms with van der Waals surface area (Å²) in [6, 6.07) is 13.2. The van der Waals surface area contributed by atoms with E-state index in [9.17, 15) is 0 Å². The first kappa shape index (κ1) is 23.7. The van der Waals surface area contributed by atoms with Crippen LogP contribution < -0.4 is 9.47 Å². The van der Waals surface area contributed by atoms with Crippen LogP contribution in [0.2, 0.25) is 10.0 Å². The molecule has 6 nitrogen and oxygen atoms in total. The summed E-state index contributed by atoms with van der Waals surface area (Å²) in [6.45, 7) is 2.07. The van der Waals surface area contributed by atoms with Gasteiger partial charge >= 0.3 is 0 Å². The number of aromatic nitrogens is 2. The maximum atomic E-state index is 6.37. The van der Waals surface area contributed by atoms with Crippen molar-refractivity contribution >= 4 is 35.0 Å². The van der Waals surface area contributed by atoms with Crippen molar-refractivity contribution in [1.29, 1.82) is 0 Å². The molecule has 9 heteroatoms. The normalized spacial score (nSPS) is 11.1. The van der Waals surface area contributed by atoms with Crippen LogP contribution in [0.15, 0.2) is 46.9 Å². The average molecular weight is 482 g/mol. The van der Waals surface area contributed by atoms with Crippen LogP contribution in [0.1, 0.15) is 12.3 Å². The van der Waals surface area contributed by atoms with Gasteiger partial charge in [-0.3, -0.25) is 0 Å². The number of para-hydroxylation sites is 1. The monoisotopic (exact) mass is 481 g/mol. The second kappa shape index (κ2) is 12.2. The van der Waals surface area contributed by atoms with Gasteiger partial charge in [-0.2, -0.15) is 0 Å². The van der Waals surface area contributed by atoms with Gasteiger partial charge in [-0.1, -0.05) is 41.4 Å². The van der Waals surface area contributed by atoms with Crippen molar-refractivity contribution in [1.82, 2.24) is 15.1 Å². The first-order valence-electron chi connectivity index (χ1n) is 9.88. The van der Waals surface area contributed by atoms with Crippen molar-refractivity contribution in [3.63, 3.8) is 0 Å². The highest BCUT2D eigenvalue weighted by Gasteiger charge is 2.15. The molecule has 1 heterocycles. The van der Waals surface area contributed by atoms with Crippen molar-refractivity contribution < 1.29 is 13.9 Å². The molecule has 0 aliphatic carbocycles. The Morgan fingerprint density at radius 1 is 1.00 bits per heavy atom. The highest BCUT2D eigenvalue weighted by Crippen LogP contribution is 2.37. The maximum absolute atomic E-state index is 6.37. The van der Waals surface area contributed by atoms with Gasteiger partial charge in [0.25, 0.3) is 0 Å². The van der Waals surface area contributed by atoms with Crippen molar-refractivity contribution in [2.24, 2.45) is 0 Å². The van der Waals surface area contributed by atoms with Gasteiger partial charge < -0.3 is 18.8 Å². The average Bonchev–Trinajstić information content (AvgIpc) is 3.22. The molecule has 0 radical (unpaired) electrons. The van der Waals surface area contributed by atoms with E-state index >= 15 is 0 Å². The molecule has 0 saturated carbocycles. The third kappa shape index (κ3) is 7.61. The van der Waals surface area contributed by atoms with Crippen LogP contribution in [0.3, 0.4) is 0 Å². The zero-order chi connectivity index (χ0) is 22.1. The molecule has 0 bridgehead atoms. The fourth-order valence-electron chi connectivity index (χ4n) is 2.70. The van der Waals surface area contributed by atoms with E-state index in [0.717, 1.165) is 24.5 Å². The summed E-state index contributed by atoms with van der Waals surface area (Å²) in [7, 11) is 4.04. The first-order chi connectivity index (χ1) is 15.0. The SMILES string of the molecule is CN(C)CCCOc1c(Cl)cc(-c2nnc(CSCCOc3ccccc3)o2)cc1Cl. The third-order valence-corrected chi connectivity index (χ3v) is 5.64. The summed E-state index contributed by atoms with van der Waals surface area (Å²) in [5.41, 5.74) is 0.659. The zero-order valence-electron chi connectivity index (χ0n) is 17.5. The fraction of sp³-hybridized carbons (Fsp3) is 0.364. The topological polar surface area (TPSA) is 60.6 Å². The highest BCUT2D eigenvalue weighted by molar-refractivity contribution is 7.98. The number of ether oxygens (including phenoxy) is 2. The van der Waals surface area contributed by atoms with Crippen LogP contribution in [0, 0.1) is 0 Å². The van der Waals surface area contributed by atoms with E-state index in [1.807, 2.05) is 44.4 Å². The molecule has 0 N–H and O–H groups in total. The van der Waals surface area contributed by atoms with Gasteiger partial charge in [0.05, 0.1) is 29.0 Å². The lowest BCUT2D eigenvalue weighted by Crippen LogP contribution is -2.15. The van der Waals surface area contributed by atoms with E-state index in [2.05, 4.69) is 15.1 Å². The summed E-state index contributed by atoms with van der Waals surface area (Å²) in [4.78, 5) is 2.09. The second-order valence-corrected chi connectivity index (χ2v) is 8.91. The predicted octanol–water partition coefficient (Wildman–Crippen LogP) is 5.69. The molecule has 31 heavy (non-hydrogen) atoms. The molecule has 3 aromatic rings. The Labute approximate surface area is 196 Å². The van der Waals surface area contributed by atoms with E-state index in [4.69, 9.17) is 37.1 Å². The molecule has 0 spiro atoms. The van der Waals surface area contributed by atoms with Crippen molar-refractivity contribution in [2.75, 3.05) is 39.6 Å².